The third-order valence-electron chi connectivity index (χ3n) is 2.52. The summed E-state index contributed by atoms with van der Waals surface area (Å²) in [4.78, 5) is 6.88. The Morgan fingerprint density at radius 3 is 2.48 bits per heavy atom. The minimum Gasteiger partial charge on any atom is -0.444 e. The summed E-state index contributed by atoms with van der Waals surface area (Å²) in [5.41, 5.74) is 8.21. The van der Waals surface area contributed by atoms with Crippen LogP contribution in [0.5, 0.6) is 0 Å². The first-order valence-electron chi connectivity index (χ1n) is 5.37. The maximum absolute atomic E-state index is 9.85. The lowest BCUT2D eigenvalue weighted by Crippen LogP contribution is -2.60. The van der Waals surface area contributed by atoms with Gasteiger partial charge in [0.1, 0.15) is 23.6 Å². The second-order valence-electron chi connectivity index (χ2n) is 3.89. The molecule has 0 aromatic rings. The number of rotatable bonds is 4. The number of azide groups is 1. The number of aliphatic hydroxyl groups excluding tert-OH is 3. The van der Waals surface area contributed by atoms with Gasteiger partial charge in [-0.15, -0.1) is 0 Å². The van der Waals surface area contributed by atoms with E-state index in [-0.39, 0.29) is 0 Å². The van der Waals surface area contributed by atoms with E-state index in [2.05, 4.69) is 15.0 Å². The van der Waals surface area contributed by atoms with Gasteiger partial charge >= 0.3 is 0 Å². The maximum Gasteiger partial charge on any atom is 0.265 e. The van der Waals surface area contributed by atoms with Crippen molar-refractivity contribution in [3.8, 4) is 0 Å². The van der Waals surface area contributed by atoms with Crippen LogP contribution in [0, 0.1) is 5.41 Å². The maximum atomic E-state index is 9.85. The Balaban J connectivity index is 2.93. The van der Waals surface area contributed by atoms with Crippen LogP contribution < -0.4 is 0 Å². The second kappa shape index (κ2) is 7.52. The Morgan fingerprint density at radius 1 is 1.38 bits per heavy atom. The minimum absolute atomic E-state index is 0.659. The lowest BCUT2D eigenvalue weighted by atomic mass is 9.99. The van der Waals surface area contributed by atoms with Crippen LogP contribution in [0.2, 0.25) is 0 Å². The molecule has 0 saturated carbocycles. The fourth-order valence-corrected chi connectivity index (χ4v) is 1.66. The molecule has 1 saturated heterocycles. The van der Waals surface area contributed by atoms with Gasteiger partial charge < -0.3 is 29.6 Å². The van der Waals surface area contributed by atoms with E-state index >= 15 is 0 Å². The number of aliphatic hydroxyl groups is 3. The summed E-state index contributed by atoms with van der Waals surface area (Å²) in [6.07, 6.45) is -7.50. The smallest absolute Gasteiger partial charge is 0.265 e. The standard InChI is InChI=1S/C8H11Cl3N4O6/c9-8(10,11)7(12)20-6-5(21-15-14-13)4(18)3(17)2(1-16)19-6/h2-6,12,16-18H,1H2/t2-,3-,4+,5-,6?/m1/s1. The number of hydrogen-bond acceptors (Lipinski definition) is 8. The molecule has 1 fully saturated rings. The van der Waals surface area contributed by atoms with Crippen molar-refractivity contribution in [3.05, 3.63) is 10.4 Å². The third kappa shape index (κ3) is 4.63. The van der Waals surface area contributed by atoms with Gasteiger partial charge in [-0.05, 0) is 5.53 Å². The Morgan fingerprint density at radius 2 is 2.00 bits per heavy atom. The number of ether oxygens (including phenoxy) is 2. The normalized spacial score (nSPS) is 33.0. The van der Waals surface area contributed by atoms with Gasteiger partial charge in [-0.25, -0.2) is 0 Å². The minimum atomic E-state index is -2.21. The first kappa shape index (κ1) is 18.3. The van der Waals surface area contributed by atoms with Crippen LogP contribution in [0.25, 0.3) is 10.4 Å². The largest absolute Gasteiger partial charge is 0.444 e. The third-order valence-corrected chi connectivity index (χ3v) is 3.04. The van der Waals surface area contributed by atoms with Crippen molar-refractivity contribution >= 4 is 40.7 Å². The molecule has 1 heterocycles. The van der Waals surface area contributed by atoms with Crippen LogP contribution in [0.4, 0.5) is 0 Å². The molecule has 0 aromatic carbocycles. The molecule has 1 rings (SSSR count). The number of alkyl halides is 3. The molecular formula is C8H11Cl3N4O6. The number of nitrogens with zero attached hydrogens (tertiary/aromatic N) is 3. The molecule has 4 N–H and O–H groups in total. The van der Waals surface area contributed by atoms with Gasteiger partial charge in [0.25, 0.3) is 3.79 Å². The molecule has 0 radical (unpaired) electrons. The fraction of sp³-hybridized carbons (Fsp3) is 0.875. The fourth-order valence-electron chi connectivity index (χ4n) is 1.52. The van der Waals surface area contributed by atoms with Crippen molar-refractivity contribution in [2.24, 2.45) is 5.28 Å². The Bertz CT molecular complexity index is 429. The topological polar surface area (TPSA) is 161 Å². The van der Waals surface area contributed by atoms with Gasteiger partial charge in [0.05, 0.1) is 6.61 Å². The van der Waals surface area contributed by atoms with Gasteiger partial charge in [0.2, 0.25) is 12.2 Å². The van der Waals surface area contributed by atoms with E-state index in [4.69, 9.17) is 60.3 Å². The van der Waals surface area contributed by atoms with E-state index < -0.39 is 47.0 Å². The molecule has 5 atom stereocenters. The highest BCUT2D eigenvalue weighted by Gasteiger charge is 2.48. The monoisotopic (exact) mass is 364 g/mol. The number of halogens is 3. The van der Waals surface area contributed by atoms with Crippen molar-refractivity contribution in [2.45, 2.75) is 34.5 Å². The molecule has 1 aliphatic heterocycles. The van der Waals surface area contributed by atoms with Crippen LogP contribution in [0.3, 0.4) is 0 Å². The lowest BCUT2D eigenvalue weighted by molar-refractivity contribution is -0.292. The van der Waals surface area contributed by atoms with Crippen LogP contribution in [-0.2, 0) is 14.3 Å². The molecule has 10 nitrogen and oxygen atoms in total. The molecule has 1 aliphatic rings. The molecule has 13 heteroatoms. The van der Waals surface area contributed by atoms with Gasteiger partial charge in [-0.1, -0.05) is 34.8 Å². The van der Waals surface area contributed by atoms with E-state index in [1.165, 1.54) is 0 Å². The van der Waals surface area contributed by atoms with Crippen LogP contribution in [0.1, 0.15) is 0 Å². The predicted octanol–water partition coefficient (Wildman–Crippen LogP) is 0.400. The lowest BCUT2D eigenvalue weighted by Gasteiger charge is -2.40. The summed E-state index contributed by atoms with van der Waals surface area (Å²) in [5.74, 6) is -0.854. The zero-order valence-corrected chi connectivity index (χ0v) is 12.4. The van der Waals surface area contributed by atoms with Gasteiger partial charge in [0, 0.05) is 4.91 Å². The van der Waals surface area contributed by atoms with Crippen molar-refractivity contribution in [2.75, 3.05) is 6.61 Å². The van der Waals surface area contributed by atoms with Gasteiger partial charge in [0.15, 0.2) is 6.10 Å². The summed E-state index contributed by atoms with van der Waals surface area (Å²) < 4.78 is 7.77. The summed E-state index contributed by atoms with van der Waals surface area (Å²) in [6, 6.07) is 0. The van der Waals surface area contributed by atoms with Gasteiger partial charge in [-0.2, -0.15) is 0 Å². The van der Waals surface area contributed by atoms with Crippen molar-refractivity contribution in [3.63, 3.8) is 0 Å². The average Bonchev–Trinajstić information content (AvgIpc) is 2.41. The van der Waals surface area contributed by atoms with Crippen molar-refractivity contribution in [1.82, 2.24) is 0 Å². The SMILES string of the molecule is [N-]=[N+]=NO[C@H]1C(OC(=N)C(Cl)(Cl)Cl)O[C@H](CO)[C@@H](O)[C@@H]1O. The highest BCUT2D eigenvalue weighted by molar-refractivity contribution is 6.76. The Labute approximate surface area is 133 Å². The van der Waals surface area contributed by atoms with E-state index in [1.807, 2.05) is 0 Å². The molecule has 1 unspecified atom stereocenters. The molecule has 0 amide bonds. The van der Waals surface area contributed by atoms with Crippen LogP contribution in [0.15, 0.2) is 5.28 Å². The van der Waals surface area contributed by atoms with Crippen LogP contribution >= 0.6 is 34.8 Å². The van der Waals surface area contributed by atoms with E-state index in [9.17, 15) is 10.2 Å². The van der Waals surface area contributed by atoms with Crippen molar-refractivity contribution < 1.29 is 29.6 Å². The molecule has 0 spiro atoms. The molecule has 120 valence electrons. The van der Waals surface area contributed by atoms with E-state index in [0.717, 1.165) is 0 Å². The summed E-state index contributed by atoms with van der Waals surface area (Å²) in [6.45, 7) is -0.659. The number of nitrogens with one attached hydrogen (secondary N) is 1. The first-order valence-corrected chi connectivity index (χ1v) is 6.50. The predicted molar refractivity (Wildman–Crippen MR) is 70.9 cm³/mol. The molecule has 0 aliphatic carbocycles. The second-order valence-corrected chi connectivity index (χ2v) is 6.17. The number of hydrogen-bond donors (Lipinski definition) is 4. The van der Waals surface area contributed by atoms with Crippen LogP contribution in [-0.4, -0.2) is 62.3 Å². The van der Waals surface area contributed by atoms with E-state index in [1.54, 1.807) is 0 Å². The quantitative estimate of drug-likeness (QED) is 0.107. The molecule has 21 heavy (non-hydrogen) atoms. The van der Waals surface area contributed by atoms with Crippen molar-refractivity contribution in [1.29, 1.82) is 5.41 Å². The molecule has 0 bridgehead atoms. The Kier molecular flexibility index (Phi) is 6.57. The highest BCUT2D eigenvalue weighted by Crippen LogP contribution is 2.31. The first-order chi connectivity index (χ1) is 9.72. The zero-order valence-electron chi connectivity index (χ0n) is 10.1. The summed E-state index contributed by atoms with van der Waals surface area (Å²) >= 11 is 16.3. The highest BCUT2D eigenvalue weighted by atomic mass is 35.6. The summed E-state index contributed by atoms with van der Waals surface area (Å²) in [7, 11) is 0. The summed E-state index contributed by atoms with van der Waals surface area (Å²) in [5, 5.41) is 38.8. The average molecular weight is 366 g/mol. The molecular weight excluding hydrogens is 354 g/mol. The van der Waals surface area contributed by atoms with Gasteiger partial charge in [-0.3, -0.25) is 5.41 Å². The molecule has 0 aromatic heterocycles. The Hall–Kier alpha value is -0.710. The zero-order chi connectivity index (χ0) is 16.2. The van der Waals surface area contributed by atoms with E-state index in [0.29, 0.717) is 0 Å².